The summed E-state index contributed by atoms with van der Waals surface area (Å²) in [4.78, 5) is 42.5. The van der Waals surface area contributed by atoms with E-state index >= 15 is 0 Å². The topological polar surface area (TPSA) is 73.0 Å². The maximum atomic E-state index is 12.8. The van der Waals surface area contributed by atoms with Crippen LogP contribution in [0.4, 0.5) is 5.69 Å². The minimum atomic E-state index is -0.431. The van der Waals surface area contributed by atoms with Crippen molar-refractivity contribution in [3.8, 4) is 0 Å². The van der Waals surface area contributed by atoms with E-state index in [1.165, 1.54) is 4.90 Å². The van der Waals surface area contributed by atoms with E-state index in [2.05, 4.69) is 10.2 Å². The monoisotopic (exact) mass is 392 g/mol. The zero-order chi connectivity index (χ0) is 19.6. The zero-order valence-electron chi connectivity index (χ0n) is 15.7. The molecule has 0 spiro atoms. The summed E-state index contributed by atoms with van der Waals surface area (Å²) in [5.74, 6) is -0.362. The Morgan fingerprint density at radius 2 is 1.78 bits per heavy atom. The van der Waals surface area contributed by atoms with Crippen LogP contribution in [0, 0.1) is 0 Å². The summed E-state index contributed by atoms with van der Waals surface area (Å²) in [6.07, 6.45) is 0.190. The normalized spacial score (nSPS) is 21.9. The Labute approximate surface area is 164 Å². The summed E-state index contributed by atoms with van der Waals surface area (Å²) in [6, 6.07) is 6.41. The van der Waals surface area contributed by atoms with Crippen LogP contribution in [0.2, 0.25) is 5.02 Å². The Kier molecular flexibility index (Phi) is 6.14. The molecule has 3 rings (SSSR count). The molecule has 1 N–H and O–H groups in total. The number of imide groups is 1. The smallest absolute Gasteiger partial charge is 0.251 e. The van der Waals surface area contributed by atoms with Crippen LogP contribution in [0.1, 0.15) is 20.3 Å². The molecule has 1 aromatic carbocycles. The molecule has 2 saturated heterocycles. The Morgan fingerprint density at radius 1 is 1.15 bits per heavy atom. The maximum absolute atomic E-state index is 12.8. The Balaban J connectivity index is 1.57. The van der Waals surface area contributed by atoms with Crippen molar-refractivity contribution in [1.29, 1.82) is 0 Å². The highest BCUT2D eigenvalue weighted by Crippen LogP contribution is 2.27. The lowest BCUT2D eigenvalue weighted by Crippen LogP contribution is -2.54. The summed E-state index contributed by atoms with van der Waals surface area (Å²) < 4.78 is 0. The molecule has 1 aromatic rings. The summed E-state index contributed by atoms with van der Waals surface area (Å²) in [6.45, 7) is 6.95. The van der Waals surface area contributed by atoms with Crippen molar-refractivity contribution in [3.63, 3.8) is 0 Å². The van der Waals surface area contributed by atoms with Gasteiger partial charge in [-0.3, -0.25) is 24.2 Å². The number of anilines is 1. The van der Waals surface area contributed by atoms with Crippen molar-refractivity contribution in [3.05, 3.63) is 29.3 Å². The van der Waals surface area contributed by atoms with Crippen LogP contribution in [0.25, 0.3) is 0 Å². The van der Waals surface area contributed by atoms with Crippen molar-refractivity contribution in [2.75, 3.05) is 37.6 Å². The van der Waals surface area contributed by atoms with Crippen molar-refractivity contribution in [1.82, 2.24) is 15.1 Å². The largest absolute Gasteiger partial charge is 0.353 e. The van der Waals surface area contributed by atoms with Crippen LogP contribution in [-0.2, 0) is 14.4 Å². The highest BCUT2D eigenvalue weighted by molar-refractivity contribution is 6.30. The van der Waals surface area contributed by atoms with Gasteiger partial charge in [-0.2, -0.15) is 0 Å². The molecule has 0 saturated carbocycles. The summed E-state index contributed by atoms with van der Waals surface area (Å²) in [7, 11) is 0. The molecule has 0 radical (unpaired) electrons. The molecule has 8 heteroatoms. The van der Waals surface area contributed by atoms with E-state index in [9.17, 15) is 14.4 Å². The number of nitrogens with zero attached hydrogens (tertiary/aromatic N) is 3. The molecule has 2 fully saturated rings. The number of benzene rings is 1. The van der Waals surface area contributed by atoms with Gasteiger partial charge in [0.2, 0.25) is 11.8 Å². The summed E-state index contributed by atoms with van der Waals surface area (Å²) >= 11 is 5.89. The van der Waals surface area contributed by atoms with Crippen molar-refractivity contribution in [2.24, 2.45) is 0 Å². The van der Waals surface area contributed by atoms with Gasteiger partial charge in [-0.15, -0.1) is 0 Å². The first kappa shape index (κ1) is 19.8. The van der Waals surface area contributed by atoms with Crippen LogP contribution in [0.15, 0.2) is 24.3 Å². The molecule has 3 amide bonds. The lowest BCUT2D eigenvalue weighted by Gasteiger charge is -2.36. The standard InChI is InChI=1S/C19H25ClN4O3/c1-13(2)21-17(25)12-22-7-9-23(10-8-22)16-11-18(26)24(19(16)27)15-5-3-14(20)4-6-15/h3-6,13,16H,7-12H2,1-2H3,(H,21,25). The first-order chi connectivity index (χ1) is 12.8. The van der Waals surface area contributed by atoms with E-state index < -0.39 is 6.04 Å². The number of amides is 3. The van der Waals surface area contributed by atoms with E-state index in [1.54, 1.807) is 24.3 Å². The fraction of sp³-hybridized carbons (Fsp3) is 0.526. The minimum absolute atomic E-state index is 0.0134. The third-order valence-corrected chi connectivity index (χ3v) is 5.12. The number of hydrogen-bond donors (Lipinski definition) is 1. The molecule has 146 valence electrons. The Morgan fingerprint density at radius 3 is 2.37 bits per heavy atom. The average Bonchev–Trinajstić information content (AvgIpc) is 2.90. The van der Waals surface area contributed by atoms with Crippen LogP contribution in [-0.4, -0.2) is 72.3 Å². The second-order valence-corrected chi connectivity index (χ2v) is 7.73. The molecule has 0 bridgehead atoms. The molecule has 27 heavy (non-hydrogen) atoms. The van der Waals surface area contributed by atoms with Gasteiger partial charge in [0.25, 0.3) is 5.91 Å². The highest BCUT2D eigenvalue weighted by Gasteiger charge is 2.43. The van der Waals surface area contributed by atoms with E-state index in [-0.39, 0.29) is 30.2 Å². The number of carbonyl (C=O) groups is 3. The first-order valence-electron chi connectivity index (χ1n) is 9.23. The molecule has 2 aliphatic heterocycles. The molecular weight excluding hydrogens is 368 g/mol. The van der Waals surface area contributed by atoms with Gasteiger partial charge in [-0.25, -0.2) is 4.90 Å². The third-order valence-electron chi connectivity index (χ3n) is 4.87. The number of halogens is 1. The zero-order valence-corrected chi connectivity index (χ0v) is 16.4. The molecule has 1 atom stereocenters. The van der Waals surface area contributed by atoms with Crippen LogP contribution in [0.3, 0.4) is 0 Å². The average molecular weight is 393 g/mol. The van der Waals surface area contributed by atoms with Crippen LogP contribution < -0.4 is 10.2 Å². The van der Waals surface area contributed by atoms with Gasteiger partial charge < -0.3 is 5.32 Å². The fourth-order valence-electron chi connectivity index (χ4n) is 3.57. The molecule has 0 aliphatic carbocycles. The van der Waals surface area contributed by atoms with Gasteiger partial charge in [0.05, 0.1) is 24.7 Å². The van der Waals surface area contributed by atoms with E-state index in [1.807, 2.05) is 18.7 Å². The molecule has 2 aliphatic rings. The molecule has 7 nitrogen and oxygen atoms in total. The number of hydrogen-bond acceptors (Lipinski definition) is 5. The van der Waals surface area contributed by atoms with E-state index in [4.69, 9.17) is 11.6 Å². The summed E-state index contributed by atoms with van der Waals surface area (Å²) in [5.41, 5.74) is 0.556. The number of nitrogens with one attached hydrogen (secondary N) is 1. The van der Waals surface area contributed by atoms with Gasteiger partial charge in [0.1, 0.15) is 0 Å². The minimum Gasteiger partial charge on any atom is -0.353 e. The lowest BCUT2D eigenvalue weighted by atomic mass is 10.1. The van der Waals surface area contributed by atoms with Gasteiger partial charge in [0, 0.05) is 37.2 Å². The van der Waals surface area contributed by atoms with Gasteiger partial charge in [0.15, 0.2) is 0 Å². The van der Waals surface area contributed by atoms with Gasteiger partial charge in [-0.1, -0.05) is 11.6 Å². The lowest BCUT2D eigenvalue weighted by molar-refractivity contribution is -0.125. The second kappa shape index (κ2) is 8.37. The Hall–Kier alpha value is -1.96. The summed E-state index contributed by atoms with van der Waals surface area (Å²) in [5, 5.41) is 3.45. The van der Waals surface area contributed by atoms with Crippen molar-refractivity contribution < 1.29 is 14.4 Å². The molecule has 2 heterocycles. The van der Waals surface area contributed by atoms with Gasteiger partial charge >= 0.3 is 0 Å². The van der Waals surface area contributed by atoms with Crippen LogP contribution in [0.5, 0.6) is 0 Å². The highest BCUT2D eigenvalue weighted by atomic mass is 35.5. The van der Waals surface area contributed by atoms with Gasteiger partial charge in [-0.05, 0) is 38.1 Å². The number of rotatable bonds is 5. The Bertz CT molecular complexity index is 714. The quantitative estimate of drug-likeness (QED) is 0.760. The maximum Gasteiger partial charge on any atom is 0.251 e. The predicted molar refractivity (Wildman–Crippen MR) is 104 cm³/mol. The first-order valence-corrected chi connectivity index (χ1v) is 9.61. The SMILES string of the molecule is CC(C)NC(=O)CN1CCN(C2CC(=O)N(c3ccc(Cl)cc3)C2=O)CC1. The van der Waals surface area contributed by atoms with Crippen molar-refractivity contribution in [2.45, 2.75) is 32.4 Å². The van der Waals surface area contributed by atoms with Crippen LogP contribution >= 0.6 is 11.6 Å². The molecular formula is C19H25ClN4O3. The number of piperazine rings is 1. The van der Waals surface area contributed by atoms with E-state index in [0.29, 0.717) is 43.4 Å². The predicted octanol–water partition coefficient (Wildman–Crippen LogP) is 1.11. The van der Waals surface area contributed by atoms with E-state index in [0.717, 1.165) is 0 Å². The molecule has 0 aromatic heterocycles. The molecule has 1 unspecified atom stereocenters. The number of carbonyl (C=O) groups excluding carboxylic acids is 3. The van der Waals surface area contributed by atoms with Crippen molar-refractivity contribution >= 4 is 35.0 Å². The third kappa shape index (κ3) is 4.66. The fourth-order valence-corrected chi connectivity index (χ4v) is 3.69. The second-order valence-electron chi connectivity index (χ2n) is 7.30.